The van der Waals surface area contributed by atoms with Gasteiger partial charge in [0, 0.05) is 25.2 Å². The number of ether oxygens (including phenoxy) is 3. The van der Waals surface area contributed by atoms with Crippen molar-refractivity contribution in [1.29, 1.82) is 0 Å². The van der Waals surface area contributed by atoms with Crippen LogP contribution in [-0.4, -0.2) is 45.9 Å². The third kappa shape index (κ3) is 4.15. The lowest BCUT2D eigenvalue weighted by Crippen LogP contribution is -2.23. The summed E-state index contributed by atoms with van der Waals surface area (Å²) in [6.45, 7) is 3.68. The number of benzene rings is 1. The molecule has 5 nitrogen and oxygen atoms in total. The van der Waals surface area contributed by atoms with E-state index in [-0.39, 0.29) is 12.4 Å². The molecule has 0 spiro atoms. The van der Waals surface area contributed by atoms with E-state index in [1.54, 1.807) is 21.3 Å². The van der Waals surface area contributed by atoms with E-state index in [1.807, 2.05) is 12.1 Å². The Hall–Kier alpha value is -1.17. The molecule has 1 aliphatic rings. The van der Waals surface area contributed by atoms with Crippen molar-refractivity contribution in [1.82, 2.24) is 4.90 Å². The average molecular weight is 317 g/mol. The maximum Gasteiger partial charge on any atom is 0.130 e. The molecule has 1 unspecified atom stereocenters. The highest BCUT2D eigenvalue weighted by atomic mass is 35.5. The average Bonchev–Trinajstić information content (AvgIpc) is 2.95. The zero-order valence-corrected chi connectivity index (χ0v) is 13.7. The number of hydrogen-bond donors (Lipinski definition) is 1. The lowest BCUT2D eigenvalue weighted by atomic mass is 10.1. The highest BCUT2D eigenvalue weighted by Crippen LogP contribution is 2.35. The van der Waals surface area contributed by atoms with Crippen LogP contribution in [0, 0.1) is 5.92 Å². The number of likely N-dealkylation sites (tertiary alicyclic amines) is 1. The molecule has 1 heterocycles. The summed E-state index contributed by atoms with van der Waals surface area (Å²) in [6, 6.07) is 3.79. The van der Waals surface area contributed by atoms with E-state index in [0.29, 0.717) is 5.92 Å². The van der Waals surface area contributed by atoms with Gasteiger partial charge in [-0.05, 0) is 25.4 Å². The smallest absolute Gasteiger partial charge is 0.130 e. The first-order chi connectivity index (χ1) is 9.71. The molecule has 0 radical (unpaired) electrons. The predicted octanol–water partition coefficient (Wildman–Crippen LogP) is 1.91. The third-order valence-corrected chi connectivity index (χ3v) is 3.90. The Labute approximate surface area is 132 Å². The molecule has 1 saturated heterocycles. The Morgan fingerprint density at radius 3 is 2.19 bits per heavy atom. The van der Waals surface area contributed by atoms with Crippen LogP contribution in [-0.2, 0) is 6.54 Å². The Morgan fingerprint density at radius 1 is 1.14 bits per heavy atom. The van der Waals surface area contributed by atoms with Gasteiger partial charge in [0.2, 0.25) is 0 Å². The van der Waals surface area contributed by atoms with Gasteiger partial charge in [-0.2, -0.15) is 0 Å². The molecule has 120 valence electrons. The highest BCUT2D eigenvalue weighted by molar-refractivity contribution is 5.85. The van der Waals surface area contributed by atoms with Crippen molar-refractivity contribution in [2.75, 3.05) is 41.0 Å². The fourth-order valence-corrected chi connectivity index (χ4v) is 2.71. The van der Waals surface area contributed by atoms with E-state index >= 15 is 0 Å². The van der Waals surface area contributed by atoms with Gasteiger partial charge >= 0.3 is 0 Å². The molecule has 2 N–H and O–H groups in total. The number of methoxy groups -OCH3 is 3. The summed E-state index contributed by atoms with van der Waals surface area (Å²) in [6.07, 6.45) is 1.16. The van der Waals surface area contributed by atoms with Gasteiger partial charge in [-0.3, -0.25) is 4.90 Å². The van der Waals surface area contributed by atoms with Gasteiger partial charge in [0.15, 0.2) is 0 Å². The number of rotatable bonds is 6. The molecule has 21 heavy (non-hydrogen) atoms. The van der Waals surface area contributed by atoms with E-state index in [2.05, 4.69) is 4.90 Å². The molecule has 0 amide bonds. The molecule has 6 heteroatoms. The Bertz CT molecular complexity index is 432. The molecule has 0 saturated carbocycles. The molecule has 0 bridgehead atoms. The number of nitrogens with zero attached hydrogens (tertiary/aromatic N) is 1. The Kier molecular flexibility index (Phi) is 7.08. The minimum Gasteiger partial charge on any atom is -0.496 e. The van der Waals surface area contributed by atoms with Crippen LogP contribution in [0.2, 0.25) is 0 Å². The summed E-state index contributed by atoms with van der Waals surface area (Å²) in [5, 5.41) is 0. The minimum absolute atomic E-state index is 0. The maximum atomic E-state index is 5.75. The zero-order valence-electron chi connectivity index (χ0n) is 12.9. The van der Waals surface area contributed by atoms with E-state index in [9.17, 15) is 0 Å². The third-order valence-electron chi connectivity index (χ3n) is 3.90. The van der Waals surface area contributed by atoms with Gasteiger partial charge in [0.25, 0.3) is 0 Å². The largest absolute Gasteiger partial charge is 0.496 e. The van der Waals surface area contributed by atoms with Gasteiger partial charge in [-0.1, -0.05) is 0 Å². The summed E-state index contributed by atoms with van der Waals surface area (Å²) in [7, 11) is 4.98. The van der Waals surface area contributed by atoms with Crippen LogP contribution < -0.4 is 19.9 Å². The van der Waals surface area contributed by atoms with Gasteiger partial charge in [-0.15, -0.1) is 12.4 Å². The fraction of sp³-hybridized carbons (Fsp3) is 0.600. The molecule has 0 aliphatic carbocycles. The van der Waals surface area contributed by atoms with Crippen LogP contribution in [0.15, 0.2) is 12.1 Å². The maximum absolute atomic E-state index is 5.75. The van der Waals surface area contributed by atoms with Crippen molar-refractivity contribution < 1.29 is 14.2 Å². The summed E-state index contributed by atoms with van der Waals surface area (Å²) in [5.41, 5.74) is 6.81. The predicted molar refractivity (Wildman–Crippen MR) is 85.8 cm³/mol. The van der Waals surface area contributed by atoms with Crippen LogP contribution in [0.3, 0.4) is 0 Å². The Morgan fingerprint density at radius 2 is 1.76 bits per heavy atom. The molecule has 1 aromatic rings. The first-order valence-electron chi connectivity index (χ1n) is 6.93. The molecule has 1 aliphatic heterocycles. The molecule has 1 atom stereocenters. The lowest BCUT2D eigenvalue weighted by molar-refractivity contribution is 0.298. The second-order valence-corrected chi connectivity index (χ2v) is 5.14. The van der Waals surface area contributed by atoms with E-state index in [4.69, 9.17) is 19.9 Å². The first-order valence-corrected chi connectivity index (χ1v) is 6.93. The summed E-state index contributed by atoms with van der Waals surface area (Å²) in [5.74, 6) is 2.95. The van der Waals surface area contributed by atoms with Crippen LogP contribution >= 0.6 is 12.4 Å². The molecular weight excluding hydrogens is 292 g/mol. The van der Waals surface area contributed by atoms with Crippen molar-refractivity contribution in [3.8, 4) is 17.2 Å². The minimum atomic E-state index is 0. The fourth-order valence-electron chi connectivity index (χ4n) is 2.71. The number of hydrogen-bond acceptors (Lipinski definition) is 5. The van der Waals surface area contributed by atoms with E-state index in [0.717, 1.165) is 55.4 Å². The monoisotopic (exact) mass is 316 g/mol. The quantitative estimate of drug-likeness (QED) is 0.869. The molecule has 2 rings (SSSR count). The Balaban J connectivity index is 0.00000220. The summed E-state index contributed by atoms with van der Waals surface area (Å²) >= 11 is 0. The number of nitrogens with two attached hydrogens (primary N) is 1. The van der Waals surface area contributed by atoms with Crippen molar-refractivity contribution in [3.63, 3.8) is 0 Å². The van der Waals surface area contributed by atoms with E-state index in [1.165, 1.54) is 0 Å². The molecule has 0 aromatic heterocycles. The molecule has 1 fully saturated rings. The highest BCUT2D eigenvalue weighted by Gasteiger charge is 2.24. The van der Waals surface area contributed by atoms with Crippen molar-refractivity contribution >= 4 is 12.4 Å². The lowest BCUT2D eigenvalue weighted by Gasteiger charge is -2.20. The molecule has 1 aromatic carbocycles. The second kappa shape index (κ2) is 8.32. The second-order valence-electron chi connectivity index (χ2n) is 5.14. The SMILES string of the molecule is COc1cc(OC)c(CN2CCC(CN)C2)c(OC)c1.Cl. The summed E-state index contributed by atoms with van der Waals surface area (Å²) in [4.78, 5) is 2.39. The van der Waals surface area contributed by atoms with Crippen molar-refractivity contribution in [2.24, 2.45) is 11.7 Å². The normalized spacial score (nSPS) is 18.2. The molecular formula is C15H25ClN2O3. The topological polar surface area (TPSA) is 57.0 Å². The van der Waals surface area contributed by atoms with Gasteiger partial charge in [-0.25, -0.2) is 0 Å². The van der Waals surface area contributed by atoms with E-state index < -0.39 is 0 Å². The first kappa shape index (κ1) is 17.9. The van der Waals surface area contributed by atoms with Crippen molar-refractivity contribution in [2.45, 2.75) is 13.0 Å². The zero-order chi connectivity index (χ0) is 14.5. The van der Waals surface area contributed by atoms with Gasteiger partial charge in [0.1, 0.15) is 17.2 Å². The van der Waals surface area contributed by atoms with Crippen molar-refractivity contribution in [3.05, 3.63) is 17.7 Å². The van der Waals surface area contributed by atoms with Crippen LogP contribution in [0.5, 0.6) is 17.2 Å². The van der Waals surface area contributed by atoms with Gasteiger partial charge in [0.05, 0.1) is 26.9 Å². The van der Waals surface area contributed by atoms with Crippen LogP contribution in [0.1, 0.15) is 12.0 Å². The van der Waals surface area contributed by atoms with Crippen LogP contribution in [0.25, 0.3) is 0 Å². The van der Waals surface area contributed by atoms with Gasteiger partial charge < -0.3 is 19.9 Å². The number of halogens is 1. The summed E-state index contributed by atoms with van der Waals surface area (Å²) < 4.78 is 16.2. The standard InChI is InChI=1S/C15H24N2O3.ClH/c1-18-12-6-14(19-2)13(15(7-12)20-3)10-17-5-4-11(8-16)9-17;/h6-7,11H,4-5,8-10,16H2,1-3H3;1H. The van der Waals surface area contributed by atoms with Crippen LogP contribution in [0.4, 0.5) is 0 Å².